The number of halogens is 1. The highest BCUT2D eigenvalue weighted by atomic mass is 19.1. The summed E-state index contributed by atoms with van der Waals surface area (Å²) in [6, 6.07) is 22.8. The van der Waals surface area contributed by atoms with Gasteiger partial charge < -0.3 is 19.1 Å². The van der Waals surface area contributed by atoms with E-state index < -0.39 is 5.82 Å². The molecule has 1 aromatic heterocycles. The first kappa shape index (κ1) is 25.5. The molecule has 0 aliphatic carbocycles. The molecular formula is C30H30FN3O4. The van der Waals surface area contributed by atoms with Crippen molar-refractivity contribution in [3.63, 3.8) is 0 Å². The Balaban J connectivity index is 1.55. The first-order valence-electron chi connectivity index (χ1n) is 12.6. The van der Waals surface area contributed by atoms with Gasteiger partial charge in [-0.2, -0.15) is 5.10 Å². The maximum atomic E-state index is 14.0. The average molecular weight is 516 g/mol. The maximum absolute atomic E-state index is 14.0. The zero-order chi connectivity index (χ0) is 26.5. The minimum atomic E-state index is -0.456. The molecule has 38 heavy (non-hydrogen) atoms. The molecule has 0 spiro atoms. The highest BCUT2D eigenvalue weighted by Gasteiger charge is 2.28. The number of carbonyl (C=O) groups is 1. The van der Waals surface area contributed by atoms with Crippen molar-refractivity contribution in [1.82, 2.24) is 14.7 Å². The van der Waals surface area contributed by atoms with Crippen LogP contribution in [-0.2, 0) is 11.3 Å². The smallest absolute Gasteiger partial charge is 0.254 e. The average Bonchev–Trinajstić information content (AvgIpc) is 3.56. The monoisotopic (exact) mass is 515 g/mol. The number of aryl methyl sites for hydroxylation is 1. The lowest BCUT2D eigenvalue weighted by Crippen LogP contribution is -2.37. The van der Waals surface area contributed by atoms with Gasteiger partial charge in [-0.3, -0.25) is 4.79 Å². The zero-order valence-electron chi connectivity index (χ0n) is 21.5. The summed E-state index contributed by atoms with van der Waals surface area (Å²) in [5, 5.41) is 4.78. The normalized spacial score (nSPS) is 14.9. The van der Waals surface area contributed by atoms with E-state index in [-0.39, 0.29) is 24.1 Å². The van der Waals surface area contributed by atoms with Gasteiger partial charge in [0.25, 0.3) is 5.91 Å². The topological polar surface area (TPSA) is 65.8 Å². The third-order valence-corrected chi connectivity index (χ3v) is 6.55. The number of benzene rings is 3. The molecule has 2 heterocycles. The van der Waals surface area contributed by atoms with Crippen molar-refractivity contribution in [1.29, 1.82) is 0 Å². The minimum Gasteiger partial charge on any atom is -0.497 e. The second kappa shape index (κ2) is 11.5. The molecular weight excluding hydrogens is 485 g/mol. The number of aromatic nitrogens is 2. The predicted octanol–water partition coefficient (Wildman–Crippen LogP) is 5.94. The molecule has 1 atom stereocenters. The molecule has 4 aromatic rings. The number of hydrogen-bond acceptors (Lipinski definition) is 5. The van der Waals surface area contributed by atoms with Crippen LogP contribution in [-0.4, -0.2) is 47.0 Å². The van der Waals surface area contributed by atoms with Gasteiger partial charge in [0.2, 0.25) is 5.88 Å². The summed E-state index contributed by atoms with van der Waals surface area (Å²) in [4.78, 5) is 15.3. The van der Waals surface area contributed by atoms with Crippen LogP contribution >= 0.6 is 0 Å². The number of ether oxygens (including phenoxy) is 3. The number of para-hydroxylation sites is 1. The van der Waals surface area contributed by atoms with Crippen molar-refractivity contribution in [2.45, 2.75) is 32.4 Å². The van der Waals surface area contributed by atoms with E-state index in [0.29, 0.717) is 30.5 Å². The number of rotatable bonds is 9. The number of carbonyl (C=O) groups excluding carboxylic acids is 1. The van der Waals surface area contributed by atoms with Crippen molar-refractivity contribution in [2.24, 2.45) is 0 Å². The van der Waals surface area contributed by atoms with E-state index in [4.69, 9.17) is 19.3 Å². The van der Waals surface area contributed by atoms with Gasteiger partial charge in [-0.05, 0) is 62.2 Å². The Morgan fingerprint density at radius 2 is 1.87 bits per heavy atom. The number of amides is 1. The quantitative estimate of drug-likeness (QED) is 0.276. The lowest BCUT2D eigenvalue weighted by molar-refractivity contribution is 0.0505. The van der Waals surface area contributed by atoms with Gasteiger partial charge in [-0.1, -0.05) is 30.3 Å². The van der Waals surface area contributed by atoms with E-state index in [2.05, 4.69) is 0 Å². The summed E-state index contributed by atoms with van der Waals surface area (Å²) in [6.07, 6.45) is 1.73. The Hall–Kier alpha value is -4.17. The number of methoxy groups -OCH3 is 1. The van der Waals surface area contributed by atoms with Gasteiger partial charge >= 0.3 is 0 Å². The third-order valence-electron chi connectivity index (χ3n) is 6.55. The molecule has 7 nitrogen and oxygen atoms in total. The molecule has 8 heteroatoms. The lowest BCUT2D eigenvalue weighted by atomic mass is 10.1. The molecule has 3 aromatic carbocycles. The summed E-state index contributed by atoms with van der Waals surface area (Å²) in [6.45, 7) is 3.16. The Labute approximate surface area is 221 Å². The highest BCUT2D eigenvalue weighted by Crippen LogP contribution is 2.33. The highest BCUT2D eigenvalue weighted by molar-refractivity contribution is 5.94. The van der Waals surface area contributed by atoms with Crippen LogP contribution in [0.2, 0.25) is 0 Å². The molecule has 0 bridgehead atoms. The Morgan fingerprint density at radius 3 is 2.61 bits per heavy atom. The van der Waals surface area contributed by atoms with Crippen LogP contribution in [0.3, 0.4) is 0 Å². The van der Waals surface area contributed by atoms with Crippen molar-refractivity contribution in [2.75, 3.05) is 20.3 Å². The van der Waals surface area contributed by atoms with E-state index in [1.54, 1.807) is 34.9 Å². The summed E-state index contributed by atoms with van der Waals surface area (Å²) < 4.78 is 33.4. The van der Waals surface area contributed by atoms with E-state index in [9.17, 15) is 9.18 Å². The second-order valence-electron chi connectivity index (χ2n) is 9.23. The van der Waals surface area contributed by atoms with Gasteiger partial charge in [-0.25, -0.2) is 9.07 Å². The second-order valence-corrected chi connectivity index (χ2v) is 9.23. The van der Waals surface area contributed by atoms with Crippen LogP contribution in [0.4, 0.5) is 4.39 Å². The van der Waals surface area contributed by atoms with E-state index >= 15 is 0 Å². The van der Waals surface area contributed by atoms with Crippen LogP contribution < -0.4 is 9.47 Å². The van der Waals surface area contributed by atoms with Gasteiger partial charge in [-0.15, -0.1) is 0 Å². The van der Waals surface area contributed by atoms with Crippen molar-refractivity contribution in [3.8, 4) is 23.1 Å². The number of nitrogens with zero attached hydrogens (tertiary/aromatic N) is 3. The van der Waals surface area contributed by atoms with Crippen molar-refractivity contribution < 1.29 is 23.4 Å². The lowest BCUT2D eigenvalue weighted by Gasteiger charge is -2.26. The minimum absolute atomic E-state index is 0.0836. The van der Waals surface area contributed by atoms with Gasteiger partial charge in [0.05, 0.1) is 36.7 Å². The van der Waals surface area contributed by atoms with Crippen molar-refractivity contribution in [3.05, 3.63) is 102 Å². The van der Waals surface area contributed by atoms with Crippen LogP contribution in [0.1, 0.15) is 34.5 Å². The molecule has 1 aliphatic heterocycles. The van der Waals surface area contributed by atoms with Crippen LogP contribution in [0, 0.1) is 12.7 Å². The van der Waals surface area contributed by atoms with E-state index in [1.165, 1.54) is 12.1 Å². The van der Waals surface area contributed by atoms with E-state index in [1.807, 2.05) is 55.5 Å². The zero-order valence-corrected chi connectivity index (χ0v) is 21.5. The van der Waals surface area contributed by atoms with Gasteiger partial charge in [0, 0.05) is 24.8 Å². The maximum Gasteiger partial charge on any atom is 0.254 e. The summed E-state index contributed by atoms with van der Waals surface area (Å²) in [5.41, 5.74) is 2.57. The van der Waals surface area contributed by atoms with E-state index in [0.717, 1.165) is 29.8 Å². The first-order valence-corrected chi connectivity index (χ1v) is 12.6. The summed E-state index contributed by atoms with van der Waals surface area (Å²) in [5.74, 6) is 0.992. The van der Waals surface area contributed by atoms with Crippen LogP contribution in [0.15, 0.2) is 78.9 Å². The summed E-state index contributed by atoms with van der Waals surface area (Å²) in [7, 11) is 1.60. The Kier molecular flexibility index (Phi) is 7.70. The molecule has 1 fully saturated rings. The molecule has 1 saturated heterocycles. The van der Waals surface area contributed by atoms with Crippen LogP contribution in [0.5, 0.6) is 17.4 Å². The molecule has 196 valence electrons. The fraction of sp³-hybridized carbons (Fsp3) is 0.267. The van der Waals surface area contributed by atoms with Crippen molar-refractivity contribution >= 4 is 5.91 Å². The Morgan fingerprint density at radius 1 is 1.08 bits per heavy atom. The molecule has 1 aliphatic rings. The molecule has 1 amide bonds. The number of hydrogen-bond donors (Lipinski definition) is 0. The fourth-order valence-electron chi connectivity index (χ4n) is 4.59. The largest absolute Gasteiger partial charge is 0.497 e. The predicted molar refractivity (Wildman–Crippen MR) is 141 cm³/mol. The summed E-state index contributed by atoms with van der Waals surface area (Å²) >= 11 is 0. The molecule has 0 radical (unpaired) electrons. The third kappa shape index (κ3) is 5.70. The van der Waals surface area contributed by atoms with Gasteiger partial charge in [0.15, 0.2) is 0 Å². The van der Waals surface area contributed by atoms with Gasteiger partial charge in [0.1, 0.15) is 17.3 Å². The van der Waals surface area contributed by atoms with Crippen LogP contribution in [0.25, 0.3) is 5.69 Å². The SMILES string of the molecule is COc1cccc(Oc2c(CN(C[C@@H]3CCCO3)C(=O)c3cccc(F)c3)c(C)nn2-c2ccccc2)c1. The molecule has 0 saturated carbocycles. The first-order chi connectivity index (χ1) is 18.5. The molecule has 5 rings (SSSR count). The molecule has 0 N–H and O–H groups in total. The Bertz CT molecular complexity index is 1400. The standard InChI is InChI=1S/C30H30FN3O4/c1-21-28(20-33(19-27-15-8-16-37-27)29(35)22-9-6-10-23(31)17-22)30(34(32-21)24-11-4-3-5-12-24)38-26-14-7-13-25(18-26)36-2/h3-7,9-14,17-18,27H,8,15-16,19-20H2,1-2H3/t27-/m0/s1. The molecule has 0 unspecified atom stereocenters. The fourth-order valence-corrected chi connectivity index (χ4v) is 4.59.